The molecular weight excluding hydrogens is 368 g/mol. The average Bonchev–Trinajstić information content (AvgIpc) is 2.99. The van der Waals surface area contributed by atoms with Gasteiger partial charge < -0.3 is 24.4 Å². The molecule has 1 aromatic rings. The molecule has 5 heteroatoms. The average molecular weight is 401 g/mol. The molecule has 8 unspecified atom stereocenters. The van der Waals surface area contributed by atoms with Crippen molar-refractivity contribution in [2.75, 3.05) is 6.61 Å². The summed E-state index contributed by atoms with van der Waals surface area (Å²) in [6.07, 6.45) is 4.54. The molecule has 1 spiro atoms. The van der Waals surface area contributed by atoms with E-state index in [1.165, 1.54) is 0 Å². The molecule has 5 nitrogen and oxygen atoms in total. The zero-order valence-electron chi connectivity index (χ0n) is 17.5. The van der Waals surface area contributed by atoms with Crippen molar-refractivity contribution in [2.24, 2.45) is 23.2 Å². The summed E-state index contributed by atoms with van der Waals surface area (Å²) in [7, 11) is 0. The Hall–Kier alpha value is -1.24. The van der Waals surface area contributed by atoms with Crippen molar-refractivity contribution in [1.82, 2.24) is 0 Å². The predicted octanol–water partition coefficient (Wildman–Crippen LogP) is 3.35. The minimum atomic E-state index is -1.20. The Morgan fingerprint density at radius 1 is 1.14 bits per heavy atom. The third kappa shape index (κ3) is 2.78. The topological polar surface area (TPSA) is 68.2 Å². The molecule has 2 aliphatic carbocycles. The summed E-state index contributed by atoms with van der Waals surface area (Å²) in [5.74, 6) is -0.767. The van der Waals surface area contributed by atoms with Crippen molar-refractivity contribution in [3.8, 4) is 0 Å². The van der Waals surface area contributed by atoms with Crippen LogP contribution in [0, 0.1) is 23.2 Å². The maximum absolute atomic E-state index is 11.1. The van der Waals surface area contributed by atoms with E-state index < -0.39 is 29.2 Å². The number of aliphatic hydroxyl groups excluding tert-OH is 2. The molecule has 5 rings (SSSR count). The standard InChI is InChI=1S/C24H32O5/c1-15(2)17-13-19(26)22(3)18(25)10-11-23-14-27-24(29-23,28-20(17)21(22)23)12-9-16-7-5-4-6-8-16/h4-9,12,15,17-21,25-26H,10-11,13-14H2,1-3H3. The van der Waals surface area contributed by atoms with E-state index in [0.717, 1.165) is 5.56 Å². The summed E-state index contributed by atoms with van der Waals surface area (Å²) in [6.45, 7) is 6.79. The van der Waals surface area contributed by atoms with Gasteiger partial charge in [0.2, 0.25) is 0 Å². The van der Waals surface area contributed by atoms with Crippen LogP contribution in [0.5, 0.6) is 0 Å². The van der Waals surface area contributed by atoms with E-state index in [9.17, 15) is 10.2 Å². The van der Waals surface area contributed by atoms with Gasteiger partial charge >= 0.3 is 5.97 Å². The van der Waals surface area contributed by atoms with Crippen LogP contribution in [0.1, 0.15) is 45.6 Å². The maximum atomic E-state index is 11.1. The van der Waals surface area contributed by atoms with Crippen molar-refractivity contribution in [2.45, 2.75) is 69.9 Å². The monoisotopic (exact) mass is 400 g/mol. The lowest BCUT2D eigenvalue weighted by Crippen LogP contribution is -2.72. The molecule has 2 heterocycles. The highest BCUT2D eigenvalue weighted by Gasteiger charge is 2.73. The summed E-state index contributed by atoms with van der Waals surface area (Å²) < 4.78 is 19.4. The summed E-state index contributed by atoms with van der Waals surface area (Å²) in [5, 5.41) is 22.1. The van der Waals surface area contributed by atoms with Gasteiger partial charge in [0.05, 0.1) is 24.9 Å². The van der Waals surface area contributed by atoms with Gasteiger partial charge in [-0.1, -0.05) is 57.2 Å². The molecule has 2 saturated carbocycles. The third-order valence-corrected chi connectivity index (χ3v) is 8.06. The van der Waals surface area contributed by atoms with E-state index in [1.54, 1.807) is 0 Å². The molecule has 2 aliphatic heterocycles. The van der Waals surface area contributed by atoms with Gasteiger partial charge in [-0.15, -0.1) is 0 Å². The highest BCUT2D eigenvalue weighted by atomic mass is 16.9. The molecule has 8 atom stereocenters. The summed E-state index contributed by atoms with van der Waals surface area (Å²) in [4.78, 5) is 0. The van der Waals surface area contributed by atoms with Crippen LogP contribution < -0.4 is 0 Å². The number of ether oxygens (including phenoxy) is 3. The van der Waals surface area contributed by atoms with Crippen LogP contribution in [0.4, 0.5) is 0 Å². The van der Waals surface area contributed by atoms with Crippen LogP contribution >= 0.6 is 0 Å². The molecule has 2 N–H and O–H groups in total. The Labute approximate surface area is 172 Å². The van der Waals surface area contributed by atoms with E-state index in [0.29, 0.717) is 31.8 Å². The van der Waals surface area contributed by atoms with Gasteiger partial charge in [0.25, 0.3) is 0 Å². The molecule has 0 amide bonds. The molecule has 1 aromatic carbocycles. The van der Waals surface area contributed by atoms with Crippen LogP contribution in [0.3, 0.4) is 0 Å². The van der Waals surface area contributed by atoms with Crippen LogP contribution in [-0.2, 0) is 14.2 Å². The number of rotatable bonds is 3. The highest BCUT2D eigenvalue weighted by Crippen LogP contribution is 2.64. The quantitative estimate of drug-likeness (QED) is 0.814. The lowest BCUT2D eigenvalue weighted by molar-refractivity contribution is -0.414. The van der Waals surface area contributed by atoms with Crippen molar-refractivity contribution in [3.05, 3.63) is 42.0 Å². The Bertz CT molecular complexity index is 794. The molecule has 0 aromatic heterocycles. The van der Waals surface area contributed by atoms with E-state index in [-0.39, 0.29) is 17.9 Å². The molecule has 29 heavy (non-hydrogen) atoms. The number of benzene rings is 1. The zero-order chi connectivity index (χ0) is 20.4. The zero-order valence-corrected chi connectivity index (χ0v) is 17.5. The van der Waals surface area contributed by atoms with E-state index in [2.05, 4.69) is 13.8 Å². The van der Waals surface area contributed by atoms with Gasteiger partial charge in [0.15, 0.2) is 0 Å². The first-order chi connectivity index (χ1) is 13.8. The van der Waals surface area contributed by atoms with Crippen molar-refractivity contribution >= 4 is 6.08 Å². The normalized spacial score (nSPS) is 48.8. The first-order valence-electron chi connectivity index (χ1n) is 10.9. The highest BCUT2D eigenvalue weighted by molar-refractivity contribution is 5.49. The molecule has 4 fully saturated rings. The summed E-state index contributed by atoms with van der Waals surface area (Å²) >= 11 is 0. The smallest absolute Gasteiger partial charge is 0.305 e. The Morgan fingerprint density at radius 3 is 2.62 bits per heavy atom. The fraction of sp³-hybridized carbons (Fsp3) is 0.667. The molecule has 4 aliphatic rings. The summed E-state index contributed by atoms with van der Waals surface area (Å²) in [5.41, 5.74) is -0.131. The molecular formula is C24H32O5. The second-order valence-corrected chi connectivity index (χ2v) is 9.94. The molecule has 2 bridgehead atoms. The number of fused-ring (bicyclic) bond motifs is 1. The lowest BCUT2D eigenvalue weighted by atomic mass is 9.48. The number of hydrogen-bond donors (Lipinski definition) is 2. The first kappa shape index (κ1) is 19.7. The minimum Gasteiger partial charge on any atom is -0.392 e. The fourth-order valence-electron chi connectivity index (χ4n) is 6.38. The number of aliphatic hydroxyl groups is 2. The fourth-order valence-corrected chi connectivity index (χ4v) is 6.38. The maximum Gasteiger partial charge on any atom is 0.305 e. The van der Waals surface area contributed by atoms with Gasteiger partial charge in [-0.3, -0.25) is 0 Å². The second-order valence-electron chi connectivity index (χ2n) is 9.94. The van der Waals surface area contributed by atoms with Crippen molar-refractivity contribution < 1.29 is 24.4 Å². The predicted molar refractivity (Wildman–Crippen MR) is 109 cm³/mol. The van der Waals surface area contributed by atoms with Gasteiger partial charge in [0, 0.05) is 17.4 Å². The number of hydrogen-bond acceptors (Lipinski definition) is 5. The van der Waals surface area contributed by atoms with Gasteiger partial charge in [0.1, 0.15) is 5.60 Å². The molecule has 2 saturated heterocycles. The van der Waals surface area contributed by atoms with E-state index >= 15 is 0 Å². The first-order valence-corrected chi connectivity index (χ1v) is 10.9. The molecule has 0 radical (unpaired) electrons. The minimum absolute atomic E-state index is 0.101. The Kier molecular flexibility index (Phi) is 4.50. The van der Waals surface area contributed by atoms with E-state index in [4.69, 9.17) is 14.2 Å². The van der Waals surface area contributed by atoms with Gasteiger partial charge in [-0.2, -0.15) is 0 Å². The third-order valence-electron chi connectivity index (χ3n) is 8.06. The largest absolute Gasteiger partial charge is 0.392 e. The van der Waals surface area contributed by atoms with Crippen LogP contribution in [0.25, 0.3) is 6.08 Å². The molecule has 158 valence electrons. The van der Waals surface area contributed by atoms with Crippen LogP contribution in [0.15, 0.2) is 36.4 Å². The Balaban J connectivity index is 1.55. The van der Waals surface area contributed by atoms with Gasteiger partial charge in [-0.25, -0.2) is 0 Å². The van der Waals surface area contributed by atoms with Crippen LogP contribution in [-0.4, -0.2) is 46.7 Å². The lowest BCUT2D eigenvalue weighted by Gasteiger charge is -2.64. The van der Waals surface area contributed by atoms with E-state index in [1.807, 2.05) is 49.4 Å². The van der Waals surface area contributed by atoms with Gasteiger partial charge in [-0.05, 0) is 36.7 Å². The van der Waals surface area contributed by atoms with Crippen molar-refractivity contribution in [3.63, 3.8) is 0 Å². The SMILES string of the molecule is CC(C)C1CC(O)C2(C)C(O)CCC34COC(C=Cc5ccccc5)(OC1C32)O4. The second kappa shape index (κ2) is 6.63. The summed E-state index contributed by atoms with van der Waals surface area (Å²) in [6, 6.07) is 10.1. The Morgan fingerprint density at radius 2 is 1.90 bits per heavy atom. The van der Waals surface area contributed by atoms with Crippen molar-refractivity contribution in [1.29, 1.82) is 0 Å². The van der Waals surface area contributed by atoms with Crippen LogP contribution in [0.2, 0.25) is 0 Å².